The molecule has 0 bridgehead atoms. The Morgan fingerprint density at radius 3 is 2.34 bits per heavy atom. The highest BCUT2D eigenvalue weighted by Gasteiger charge is 2.33. The zero-order valence-corrected chi connectivity index (χ0v) is 17.5. The van der Waals surface area contributed by atoms with E-state index in [1.54, 1.807) is 12.1 Å². The van der Waals surface area contributed by atoms with Gasteiger partial charge in [0.2, 0.25) is 10.0 Å². The maximum Gasteiger partial charge on any atom is 0.573 e. The molecule has 1 amide bonds. The van der Waals surface area contributed by atoms with Crippen molar-refractivity contribution in [2.75, 3.05) is 38.0 Å². The van der Waals surface area contributed by atoms with Gasteiger partial charge in [-0.25, -0.2) is 8.42 Å². The van der Waals surface area contributed by atoms with Crippen molar-refractivity contribution in [3.63, 3.8) is 0 Å². The lowest BCUT2D eigenvalue weighted by Crippen LogP contribution is -3.15. The number of amides is 1. The van der Waals surface area contributed by atoms with Gasteiger partial charge in [-0.05, 0) is 36.4 Å². The van der Waals surface area contributed by atoms with E-state index in [0.717, 1.165) is 17.0 Å². The molecular formula is C20H20F3N4O4S+. The first-order valence-corrected chi connectivity index (χ1v) is 11.0. The summed E-state index contributed by atoms with van der Waals surface area (Å²) in [7, 11) is -3.82. The molecule has 1 heterocycles. The first-order valence-electron chi connectivity index (χ1n) is 9.57. The van der Waals surface area contributed by atoms with Crippen molar-refractivity contribution in [1.29, 1.82) is 5.26 Å². The molecule has 0 spiro atoms. The van der Waals surface area contributed by atoms with Gasteiger partial charge in [0.05, 0.1) is 36.6 Å². The van der Waals surface area contributed by atoms with Crippen LogP contribution in [0.25, 0.3) is 0 Å². The number of nitrogens with one attached hydrogen (secondary N) is 2. The van der Waals surface area contributed by atoms with Crippen LogP contribution in [-0.4, -0.2) is 57.7 Å². The molecule has 8 nitrogen and oxygen atoms in total. The van der Waals surface area contributed by atoms with E-state index in [0.29, 0.717) is 18.8 Å². The Kier molecular flexibility index (Phi) is 7.02. The number of benzene rings is 2. The zero-order valence-electron chi connectivity index (χ0n) is 16.7. The van der Waals surface area contributed by atoms with Crippen molar-refractivity contribution < 1.29 is 36.0 Å². The van der Waals surface area contributed by atoms with E-state index in [9.17, 15) is 26.4 Å². The lowest BCUT2D eigenvalue weighted by atomic mass is 10.2. The molecule has 0 saturated carbocycles. The molecule has 2 N–H and O–H groups in total. The highest BCUT2D eigenvalue weighted by molar-refractivity contribution is 7.89. The Morgan fingerprint density at radius 1 is 1.12 bits per heavy atom. The van der Waals surface area contributed by atoms with E-state index in [-0.39, 0.29) is 36.0 Å². The molecule has 12 heteroatoms. The predicted octanol–water partition coefficient (Wildman–Crippen LogP) is 0.985. The number of nitriles is 1. The van der Waals surface area contributed by atoms with Crippen molar-refractivity contribution in [3.05, 3.63) is 54.1 Å². The lowest BCUT2D eigenvalue weighted by molar-refractivity contribution is -0.895. The number of nitrogens with zero attached hydrogens (tertiary/aromatic N) is 2. The second-order valence-corrected chi connectivity index (χ2v) is 8.97. The molecular weight excluding hydrogens is 449 g/mol. The van der Waals surface area contributed by atoms with Gasteiger partial charge in [-0.1, -0.05) is 12.1 Å². The lowest BCUT2D eigenvalue weighted by Gasteiger charge is -2.31. The van der Waals surface area contributed by atoms with Crippen molar-refractivity contribution in [3.8, 4) is 11.8 Å². The van der Waals surface area contributed by atoms with E-state index in [2.05, 4.69) is 10.1 Å². The third-order valence-corrected chi connectivity index (χ3v) is 6.79. The highest BCUT2D eigenvalue weighted by atomic mass is 32.2. The number of piperazine rings is 1. The van der Waals surface area contributed by atoms with Crippen molar-refractivity contribution in [2.24, 2.45) is 0 Å². The van der Waals surface area contributed by atoms with Crippen LogP contribution < -0.4 is 15.0 Å². The Hall–Kier alpha value is -3.14. The molecule has 0 unspecified atom stereocenters. The van der Waals surface area contributed by atoms with Gasteiger partial charge in [-0.15, -0.1) is 13.2 Å². The van der Waals surface area contributed by atoms with E-state index in [1.165, 1.54) is 28.6 Å². The smallest absolute Gasteiger partial charge is 0.406 e. The Labute approximate surface area is 182 Å². The van der Waals surface area contributed by atoms with Gasteiger partial charge in [-0.3, -0.25) is 4.79 Å². The first-order chi connectivity index (χ1) is 15.1. The molecule has 3 rings (SSSR count). The fourth-order valence-corrected chi connectivity index (χ4v) is 4.90. The number of sulfonamides is 1. The maximum atomic E-state index is 12.9. The second-order valence-electron chi connectivity index (χ2n) is 7.06. The molecule has 1 aliphatic rings. The van der Waals surface area contributed by atoms with Gasteiger partial charge in [0, 0.05) is 5.69 Å². The first kappa shape index (κ1) is 23.5. The second kappa shape index (κ2) is 9.56. The molecule has 1 saturated heterocycles. The number of carbonyl (C=O) groups excluding carboxylic acids is 1. The summed E-state index contributed by atoms with van der Waals surface area (Å²) in [6.07, 6.45) is -4.79. The molecule has 1 aliphatic heterocycles. The van der Waals surface area contributed by atoms with E-state index < -0.39 is 22.1 Å². The molecule has 170 valence electrons. The van der Waals surface area contributed by atoms with E-state index in [1.807, 2.05) is 6.07 Å². The summed E-state index contributed by atoms with van der Waals surface area (Å²) in [4.78, 5) is 13.1. The number of anilines is 1. The number of carbonyl (C=O) groups is 1. The molecule has 0 radical (unpaired) electrons. The van der Waals surface area contributed by atoms with Crippen molar-refractivity contribution in [2.45, 2.75) is 11.3 Å². The number of rotatable bonds is 6. The normalized spacial score (nSPS) is 15.7. The number of halogens is 3. The average molecular weight is 469 g/mol. The van der Waals surface area contributed by atoms with Gasteiger partial charge in [0.15, 0.2) is 6.54 Å². The monoisotopic (exact) mass is 469 g/mol. The molecule has 1 fully saturated rings. The Balaban J connectivity index is 1.52. The Morgan fingerprint density at radius 2 is 1.75 bits per heavy atom. The summed E-state index contributed by atoms with van der Waals surface area (Å²) in [6.45, 7) is 1.23. The van der Waals surface area contributed by atoms with Crippen LogP contribution in [0.1, 0.15) is 5.56 Å². The van der Waals surface area contributed by atoms with Crippen LogP contribution >= 0.6 is 0 Å². The molecule has 0 aliphatic carbocycles. The summed E-state index contributed by atoms with van der Waals surface area (Å²) < 4.78 is 67.4. The largest absolute Gasteiger partial charge is 0.573 e. The van der Waals surface area contributed by atoms with Crippen LogP contribution in [0.2, 0.25) is 0 Å². The topological polar surface area (TPSA) is 104 Å². The van der Waals surface area contributed by atoms with Crippen LogP contribution in [0.4, 0.5) is 18.9 Å². The summed E-state index contributed by atoms with van der Waals surface area (Å²) in [5.41, 5.74) is 0.395. The minimum Gasteiger partial charge on any atom is -0.406 e. The van der Waals surface area contributed by atoms with Gasteiger partial charge >= 0.3 is 6.36 Å². The molecule has 32 heavy (non-hydrogen) atoms. The molecule has 2 aromatic rings. The summed E-state index contributed by atoms with van der Waals surface area (Å²) in [6, 6.07) is 12.7. The van der Waals surface area contributed by atoms with Gasteiger partial charge in [-0.2, -0.15) is 9.57 Å². The maximum absolute atomic E-state index is 12.9. The highest BCUT2D eigenvalue weighted by Crippen LogP contribution is 2.24. The standard InChI is InChI=1S/C20H19F3N4O4S/c21-20(22,23)31-17-7-5-16(6-8-17)25-19(28)14-26-9-11-27(12-10-26)32(29,30)18-4-2-1-3-15(18)13-24/h1-8H,9-12,14H2,(H,25,28)/p+1. The van der Waals surface area contributed by atoms with Crippen molar-refractivity contribution >= 4 is 21.6 Å². The zero-order chi connectivity index (χ0) is 23.4. The fourth-order valence-electron chi connectivity index (χ4n) is 3.31. The minimum absolute atomic E-state index is 0.0401. The van der Waals surface area contributed by atoms with Crippen LogP contribution in [0, 0.1) is 11.3 Å². The van der Waals surface area contributed by atoms with Crippen molar-refractivity contribution in [1.82, 2.24) is 4.31 Å². The average Bonchev–Trinajstić information content (AvgIpc) is 2.74. The SMILES string of the molecule is N#Cc1ccccc1S(=O)(=O)N1CC[NH+](CC(=O)Nc2ccc(OC(F)(F)F)cc2)CC1. The van der Waals surface area contributed by atoms with E-state index in [4.69, 9.17) is 5.26 Å². The number of hydrogen-bond donors (Lipinski definition) is 2. The van der Waals surface area contributed by atoms with Crippen LogP contribution in [0.3, 0.4) is 0 Å². The Bertz CT molecular complexity index is 1110. The minimum atomic E-state index is -4.79. The van der Waals surface area contributed by atoms with Gasteiger partial charge < -0.3 is 15.0 Å². The van der Waals surface area contributed by atoms with Gasteiger partial charge in [0.25, 0.3) is 5.91 Å². The van der Waals surface area contributed by atoms with Crippen LogP contribution in [-0.2, 0) is 14.8 Å². The number of alkyl halides is 3. The van der Waals surface area contributed by atoms with Crippen LogP contribution in [0.15, 0.2) is 53.4 Å². The van der Waals surface area contributed by atoms with Crippen LogP contribution in [0.5, 0.6) is 5.75 Å². The number of ether oxygens (including phenoxy) is 1. The number of hydrogen-bond acceptors (Lipinski definition) is 5. The molecule has 0 aromatic heterocycles. The third kappa shape index (κ3) is 5.97. The quantitative estimate of drug-likeness (QED) is 0.657. The molecule has 0 atom stereocenters. The molecule has 2 aromatic carbocycles. The summed E-state index contributed by atoms with van der Waals surface area (Å²) >= 11 is 0. The fraction of sp³-hybridized carbons (Fsp3) is 0.300. The summed E-state index contributed by atoms with van der Waals surface area (Å²) in [5, 5.41) is 11.8. The number of quaternary nitrogens is 1. The summed E-state index contributed by atoms with van der Waals surface area (Å²) in [5.74, 6) is -0.743. The predicted molar refractivity (Wildman–Crippen MR) is 107 cm³/mol. The van der Waals surface area contributed by atoms with E-state index >= 15 is 0 Å². The van der Waals surface area contributed by atoms with Gasteiger partial charge in [0.1, 0.15) is 11.8 Å². The third-order valence-electron chi connectivity index (χ3n) is 4.84.